The summed E-state index contributed by atoms with van der Waals surface area (Å²) in [7, 11) is 0. The van der Waals surface area contributed by atoms with Gasteiger partial charge in [-0.05, 0) is 85.4 Å². The Bertz CT molecular complexity index is 524. The average Bonchev–Trinajstić information content (AvgIpc) is 3.42. The Labute approximate surface area is 195 Å². The quantitative estimate of drug-likeness (QED) is 0.410. The van der Waals surface area contributed by atoms with Gasteiger partial charge in [-0.2, -0.15) is 0 Å². The van der Waals surface area contributed by atoms with Crippen LogP contribution in [-0.2, 0) is 0 Å². The molecule has 178 valence electrons. The van der Waals surface area contributed by atoms with E-state index in [1.807, 2.05) is 0 Å². The summed E-state index contributed by atoms with van der Waals surface area (Å²) in [6.07, 6.45) is 33.0. The van der Waals surface area contributed by atoms with E-state index in [2.05, 4.69) is 6.92 Å². The smallest absolute Gasteiger partial charge is 0.0352 e. The normalized spacial score (nSPS) is 41.7. The van der Waals surface area contributed by atoms with Gasteiger partial charge in [-0.25, -0.2) is 0 Å². The predicted octanol–water partition coefficient (Wildman–Crippen LogP) is 9.81. The van der Waals surface area contributed by atoms with Crippen LogP contribution in [0.5, 0.6) is 0 Å². The highest BCUT2D eigenvalue weighted by Gasteiger charge is 2.46. The fraction of sp³-hybridized carbons (Fsp3) is 1.00. The lowest BCUT2D eigenvalue weighted by Crippen LogP contribution is -2.25. The van der Waals surface area contributed by atoms with E-state index in [4.69, 9.17) is 0 Å². The zero-order valence-electron chi connectivity index (χ0n) is 21.0. The fourth-order valence-corrected chi connectivity index (χ4v) is 8.47. The van der Waals surface area contributed by atoms with E-state index in [-0.39, 0.29) is 0 Å². The SMILES string of the molecule is CCC1CCC2CC2C(C2CCC2)CCC(CC2CCC2)CCCCC(C2CCC2)C1. The van der Waals surface area contributed by atoms with Crippen molar-refractivity contribution in [3.05, 3.63) is 0 Å². The third-order valence-corrected chi connectivity index (χ3v) is 11.5. The van der Waals surface area contributed by atoms with Crippen molar-refractivity contribution in [1.82, 2.24) is 0 Å². The Morgan fingerprint density at radius 2 is 1.03 bits per heavy atom. The lowest BCUT2D eigenvalue weighted by Gasteiger charge is -2.36. The van der Waals surface area contributed by atoms with E-state index in [9.17, 15) is 0 Å². The Morgan fingerprint density at radius 1 is 0.419 bits per heavy atom. The molecule has 5 rings (SSSR count). The van der Waals surface area contributed by atoms with Crippen LogP contribution >= 0.6 is 0 Å². The van der Waals surface area contributed by atoms with Crippen molar-refractivity contribution in [2.24, 2.45) is 53.3 Å². The molecular weight excluding hydrogens is 372 g/mol. The maximum absolute atomic E-state index is 2.50. The molecule has 0 N–H and O–H groups in total. The van der Waals surface area contributed by atoms with Gasteiger partial charge in [0.05, 0.1) is 0 Å². The molecule has 0 nitrogen and oxygen atoms in total. The fourth-order valence-electron chi connectivity index (χ4n) is 8.47. The minimum absolute atomic E-state index is 1.05. The maximum atomic E-state index is 2.50. The van der Waals surface area contributed by atoms with Crippen molar-refractivity contribution < 1.29 is 0 Å². The van der Waals surface area contributed by atoms with E-state index in [1.165, 1.54) is 19.3 Å². The molecule has 5 aliphatic carbocycles. The molecule has 6 atom stereocenters. The number of hydrogen-bond acceptors (Lipinski definition) is 0. The largest absolute Gasteiger partial charge is 0.0651 e. The summed E-state index contributed by atoms with van der Waals surface area (Å²) < 4.78 is 0. The van der Waals surface area contributed by atoms with Crippen LogP contribution in [0.25, 0.3) is 0 Å². The number of hydrogen-bond donors (Lipinski definition) is 0. The highest BCUT2D eigenvalue weighted by atomic mass is 14.5. The Morgan fingerprint density at radius 3 is 1.68 bits per heavy atom. The molecule has 5 aliphatic rings. The second-order valence-corrected chi connectivity index (χ2v) is 13.3. The van der Waals surface area contributed by atoms with Crippen LogP contribution in [0.15, 0.2) is 0 Å². The Kier molecular flexibility index (Phi) is 8.05. The van der Waals surface area contributed by atoms with E-state index < -0.39 is 0 Å². The van der Waals surface area contributed by atoms with Gasteiger partial charge in [0.1, 0.15) is 0 Å². The molecule has 0 amide bonds. The summed E-state index contributed by atoms with van der Waals surface area (Å²) >= 11 is 0. The first-order valence-corrected chi connectivity index (χ1v) is 15.3. The van der Waals surface area contributed by atoms with Crippen LogP contribution in [0.4, 0.5) is 0 Å². The van der Waals surface area contributed by atoms with Gasteiger partial charge < -0.3 is 0 Å². The third kappa shape index (κ3) is 5.93. The first-order valence-electron chi connectivity index (χ1n) is 15.3. The summed E-state index contributed by atoms with van der Waals surface area (Å²) in [6.45, 7) is 2.50. The Hall–Kier alpha value is 0. The molecule has 0 spiro atoms. The van der Waals surface area contributed by atoms with Crippen molar-refractivity contribution in [1.29, 1.82) is 0 Å². The third-order valence-electron chi connectivity index (χ3n) is 11.5. The molecule has 0 aromatic heterocycles. The second-order valence-electron chi connectivity index (χ2n) is 13.3. The van der Waals surface area contributed by atoms with E-state index in [0.717, 1.165) is 53.3 Å². The van der Waals surface area contributed by atoms with E-state index in [1.54, 1.807) is 116 Å². The first-order chi connectivity index (χ1) is 15.3. The van der Waals surface area contributed by atoms with Gasteiger partial charge >= 0.3 is 0 Å². The zero-order valence-corrected chi connectivity index (χ0v) is 21.0. The van der Waals surface area contributed by atoms with E-state index in [0.29, 0.717) is 0 Å². The van der Waals surface area contributed by atoms with Crippen molar-refractivity contribution in [2.45, 2.75) is 142 Å². The lowest BCUT2D eigenvalue weighted by molar-refractivity contribution is 0.148. The molecule has 0 aliphatic heterocycles. The van der Waals surface area contributed by atoms with Crippen LogP contribution in [0.3, 0.4) is 0 Å². The highest BCUT2D eigenvalue weighted by Crippen LogP contribution is 2.55. The maximum Gasteiger partial charge on any atom is -0.0352 e. The van der Waals surface area contributed by atoms with Gasteiger partial charge in [0.25, 0.3) is 0 Å². The first kappa shape index (κ1) is 22.8. The highest BCUT2D eigenvalue weighted by molar-refractivity contribution is 4.96. The molecule has 5 saturated carbocycles. The van der Waals surface area contributed by atoms with Gasteiger partial charge in [-0.3, -0.25) is 0 Å². The summed E-state index contributed by atoms with van der Waals surface area (Å²) in [5.41, 5.74) is 0. The predicted molar refractivity (Wildman–Crippen MR) is 134 cm³/mol. The molecule has 0 bridgehead atoms. The van der Waals surface area contributed by atoms with Crippen molar-refractivity contribution in [3.8, 4) is 0 Å². The van der Waals surface area contributed by atoms with Crippen LogP contribution in [-0.4, -0.2) is 0 Å². The minimum Gasteiger partial charge on any atom is -0.0651 e. The number of fused-ring (bicyclic) bond motifs is 1. The van der Waals surface area contributed by atoms with Gasteiger partial charge in [0.2, 0.25) is 0 Å². The van der Waals surface area contributed by atoms with Gasteiger partial charge in [0.15, 0.2) is 0 Å². The molecule has 0 aromatic rings. The van der Waals surface area contributed by atoms with Gasteiger partial charge in [-0.15, -0.1) is 0 Å². The van der Waals surface area contributed by atoms with Crippen molar-refractivity contribution >= 4 is 0 Å². The average molecular weight is 427 g/mol. The zero-order chi connectivity index (χ0) is 21.0. The summed E-state index contributed by atoms with van der Waals surface area (Å²) in [5.74, 6) is 10.0. The molecule has 0 heterocycles. The summed E-state index contributed by atoms with van der Waals surface area (Å²) in [4.78, 5) is 0. The molecule has 0 radical (unpaired) electrons. The van der Waals surface area contributed by atoms with Crippen LogP contribution in [0.1, 0.15) is 142 Å². The standard InChI is InChI=1S/C31H54/c1-2-23-16-18-29-22-31(29)30(27-14-7-15-27)19-17-25(20-24-9-5-10-24)8-3-4-11-28(21-23)26-12-6-13-26/h23-31H,2-22H2,1H3. The second kappa shape index (κ2) is 11.0. The molecule has 5 fully saturated rings. The molecule has 6 unspecified atom stereocenters. The minimum atomic E-state index is 1.05. The summed E-state index contributed by atoms with van der Waals surface area (Å²) in [6, 6.07) is 0. The molecule has 0 saturated heterocycles. The molecule has 0 heteroatoms. The molecular formula is C31H54. The molecule has 0 aromatic carbocycles. The van der Waals surface area contributed by atoms with E-state index >= 15 is 0 Å². The van der Waals surface area contributed by atoms with Crippen LogP contribution in [0.2, 0.25) is 0 Å². The Balaban J connectivity index is 1.23. The van der Waals surface area contributed by atoms with Gasteiger partial charge in [-0.1, -0.05) is 110 Å². The number of rotatable bonds is 5. The van der Waals surface area contributed by atoms with Crippen molar-refractivity contribution in [3.63, 3.8) is 0 Å². The van der Waals surface area contributed by atoms with Crippen LogP contribution < -0.4 is 0 Å². The van der Waals surface area contributed by atoms with Crippen molar-refractivity contribution in [2.75, 3.05) is 0 Å². The monoisotopic (exact) mass is 426 g/mol. The topological polar surface area (TPSA) is 0 Å². The molecule has 31 heavy (non-hydrogen) atoms. The van der Waals surface area contributed by atoms with Crippen LogP contribution in [0, 0.1) is 53.3 Å². The lowest BCUT2D eigenvalue weighted by atomic mass is 9.69. The van der Waals surface area contributed by atoms with Gasteiger partial charge in [0, 0.05) is 0 Å². The summed E-state index contributed by atoms with van der Waals surface area (Å²) in [5, 5.41) is 0.